The summed E-state index contributed by atoms with van der Waals surface area (Å²) in [5, 5.41) is 3.37. The number of anilines is 2. The number of rotatable bonds is 4. The summed E-state index contributed by atoms with van der Waals surface area (Å²) in [6, 6.07) is 5.14. The normalized spacial score (nSPS) is 18.4. The number of nitrogen functional groups attached to an aromatic ring is 1. The lowest BCUT2D eigenvalue weighted by Crippen LogP contribution is -2.38. The summed E-state index contributed by atoms with van der Waals surface area (Å²) in [4.78, 5) is 14.3. The number of nitrogens with zero attached hydrogens (tertiary/aromatic N) is 1. The van der Waals surface area contributed by atoms with Crippen LogP contribution in [0.5, 0.6) is 0 Å². The van der Waals surface area contributed by atoms with E-state index in [-0.39, 0.29) is 5.91 Å². The highest BCUT2D eigenvalue weighted by molar-refractivity contribution is 6.33. The SMILES string of the molecule is CC1(C)CCN(CCC(=O)Nc2ccc(Cl)c(N)c2)CC1. The second-order valence-electron chi connectivity index (χ2n) is 6.54. The summed E-state index contributed by atoms with van der Waals surface area (Å²) in [6.45, 7) is 7.58. The van der Waals surface area contributed by atoms with Gasteiger partial charge in [0, 0.05) is 18.7 Å². The van der Waals surface area contributed by atoms with Gasteiger partial charge in [-0.3, -0.25) is 4.79 Å². The van der Waals surface area contributed by atoms with Gasteiger partial charge in [0.25, 0.3) is 0 Å². The molecule has 0 bridgehead atoms. The Bertz CT molecular complexity index is 506. The number of amides is 1. The summed E-state index contributed by atoms with van der Waals surface area (Å²) < 4.78 is 0. The maximum absolute atomic E-state index is 12.0. The molecule has 1 saturated heterocycles. The standard InChI is InChI=1S/C16H24ClN3O/c1-16(2)6-9-20(10-7-16)8-5-15(21)19-12-3-4-13(17)14(18)11-12/h3-4,11H,5-10,18H2,1-2H3,(H,19,21). The average Bonchev–Trinajstić information content (AvgIpc) is 2.42. The molecule has 3 N–H and O–H groups in total. The van der Waals surface area contributed by atoms with Crippen molar-refractivity contribution in [2.24, 2.45) is 5.41 Å². The van der Waals surface area contributed by atoms with Crippen molar-refractivity contribution in [1.82, 2.24) is 4.90 Å². The van der Waals surface area contributed by atoms with E-state index >= 15 is 0 Å². The summed E-state index contributed by atoms with van der Waals surface area (Å²) in [6.07, 6.45) is 2.90. The number of nitrogens with one attached hydrogen (secondary N) is 1. The Morgan fingerprint density at radius 3 is 2.67 bits per heavy atom. The first-order valence-corrected chi connectivity index (χ1v) is 7.81. The zero-order valence-corrected chi connectivity index (χ0v) is 13.5. The van der Waals surface area contributed by atoms with E-state index in [1.54, 1.807) is 18.2 Å². The molecular formula is C16H24ClN3O. The molecule has 0 atom stereocenters. The number of hydrogen-bond acceptors (Lipinski definition) is 3. The van der Waals surface area contributed by atoms with Gasteiger partial charge in [0.1, 0.15) is 0 Å². The first kappa shape index (κ1) is 16.1. The lowest BCUT2D eigenvalue weighted by atomic mass is 9.83. The monoisotopic (exact) mass is 309 g/mol. The fourth-order valence-electron chi connectivity index (χ4n) is 2.49. The topological polar surface area (TPSA) is 58.4 Å². The Balaban J connectivity index is 1.76. The van der Waals surface area contributed by atoms with E-state index in [0.29, 0.717) is 28.2 Å². The summed E-state index contributed by atoms with van der Waals surface area (Å²) in [5.41, 5.74) is 7.34. The third kappa shape index (κ3) is 4.90. The smallest absolute Gasteiger partial charge is 0.225 e. The van der Waals surface area contributed by atoms with Crippen molar-refractivity contribution in [3.05, 3.63) is 23.2 Å². The lowest BCUT2D eigenvalue weighted by Gasteiger charge is -2.36. The molecule has 5 heteroatoms. The number of likely N-dealkylation sites (tertiary alicyclic amines) is 1. The van der Waals surface area contributed by atoms with Crippen LogP contribution in [-0.2, 0) is 4.79 Å². The molecule has 2 rings (SSSR count). The van der Waals surface area contributed by atoms with Crippen molar-refractivity contribution < 1.29 is 4.79 Å². The molecule has 1 aromatic carbocycles. The zero-order valence-electron chi connectivity index (χ0n) is 12.8. The molecule has 1 amide bonds. The Morgan fingerprint density at radius 1 is 1.38 bits per heavy atom. The van der Waals surface area contributed by atoms with Crippen LogP contribution >= 0.6 is 11.6 Å². The molecule has 21 heavy (non-hydrogen) atoms. The minimum Gasteiger partial charge on any atom is -0.397 e. The fraction of sp³-hybridized carbons (Fsp3) is 0.562. The number of hydrogen-bond donors (Lipinski definition) is 2. The van der Waals surface area contributed by atoms with Crippen LogP contribution in [0.2, 0.25) is 5.02 Å². The van der Waals surface area contributed by atoms with E-state index in [4.69, 9.17) is 17.3 Å². The Hall–Kier alpha value is -1.26. The van der Waals surface area contributed by atoms with Gasteiger partial charge in [-0.2, -0.15) is 0 Å². The molecule has 0 saturated carbocycles. The minimum absolute atomic E-state index is 0.0153. The van der Waals surface area contributed by atoms with Crippen LogP contribution in [0.25, 0.3) is 0 Å². The zero-order chi connectivity index (χ0) is 15.5. The van der Waals surface area contributed by atoms with Crippen molar-refractivity contribution in [1.29, 1.82) is 0 Å². The Kier molecular flexibility index (Phi) is 5.12. The van der Waals surface area contributed by atoms with E-state index < -0.39 is 0 Å². The van der Waals surface area contributed by atoms with Gasteiger partial charge in [0.2, 0.25) is 5.91 Å². The van der Waals surface area contributed by atoms with Crippen LogP contribution in [0.15, 0.2) is 18.2 Å². The summed E-state index contributed by atoms with van der Waals surface area (Å²) >= 11 is 5.86. The second-order valence-corrected chi connectivity index (χ2v) is 6.95. The highest BCUT2D eigenvalue weighted by Crippen LogP contribution is 2.29. The molecule has 116 valence electrons. The van der Waals surface area contributed by atoms with Gasteiger partial charge in [-0.25, -0.2) is 0 Å². The van der Waals surface area contributed by atoms with E-state index in [1.165, 1.54) is 12.8 Å². The molecule has 0 unspecified atom stereocenters. The highest BCUT2D eigenvalue weighted by Gasteiger charge is 2.25. The van der Waals surface area contributed by atoms with E-state index in [0.717, 1.165) is 19.6 Å². The van der Waals surface area contributed by atoms with Crippen molar-refractivity contribution in [3.63, 3.8) is 0 Å². The van der Waals surface area contributed by atoms with Gasteiger partial charge in [-0.15, -0.1) is 0 Å². The van der Waals surface area contributed by atoms with E-state index in [9.17, 15) is 4.79 Å². The Labute approximate surface area is 131 Å². The molecule has 1 heterocycles. The number of halogens is 1. The maximum Gasteiger partial charge on any atom is 0.225 e. The van der Waals surface area contributed by atoms with Crippen molar-refractivity contribution in [2.75, 3.05) is 30.7 Å². The highest BCUT2D eigenvalue weighted by atomic mass is 35.5. The maximum atomic E-state index is 12.0. The number of piperidine rings is 1. The number of nitrogens with two attached hydrogens (primary N) is 1. The Morgan fingerprint density at radius 2 is 2.05 bits per heavy atom. The summed E-state index contributed by atoms with van der Waals surface area (Å²) in [7, 11) is 0. The van der Waals surface area contributed by atoms with Crippen LogP contribution < -0.4 is 11.1 Å². The fourth-order valence-corrected chi connectivity index (χ4v) is 2.60. The molecule has 1 aliphatic rings. The number of carbonyl (C=O) groups excluding carboxylic acids is 1. The van der Waals surface area contributed by atoms with Gasteiger partial charge in [0.05, 0.1) is 10.7 Å². The first-order chi connectivity index (χ1) is 9.85. The molecule has 0 aromatic heterocycles. The van der Waals surface area contributed by atoms with Gasteiger partial charge >= 0.3 is 0 Å². The van der Waals surface area contributed by atoms with Crippen molar-refractivity contribution >= 4 is 28.9 Å². The van der Waals surface area contributed by atoms with Crippen LogP contribution in [0, 0.1) is 5.41 Å². The van der Waals surface area contributed by atoms with Gasteiger partial charge in [-0.05, 0) is 49.5 Å². The van der Waals surface area contributed by atoms with Crippen molar-refractivity contribution in [2.45, 2.75) is 33.1 Å². The number of benzene rings is 1. The molecule has 1 aromatic rings. The van der Waals surface area contributed by atoms with E-state index in [1.807, 2.05) is 0 Å². The lowest BCUT2D eigenvalue weighted by molar-refractivity contribution is -0.116. The molecular weight excluding hydrogens is 286 g/mol. The predicted molar refractivity (Wildman–Crippen MR) is 88.6 cm³/mol. The molecule has 0 spiro atoms. The van der Waals surface area contributed by atoms with Gasteiger partial charge in [-0.1, -0.05) is 25.4 Å². The van der Waals surface area contributed by atoms with E-state index in [2.05, 4.69) is 24.1 Å². The van der Waals surface area contributed by atoms with Crippen LogP contribution in [0.4, 0.5) is 11.4 Å². The van der Waals surface area contributed by atoms with Gasteiger partial charge < -0.3 is 16.0 Å². The van der Waals surface area contributed by atoms with Crippen LogP contribution in [0.3, 0.4) is 0 Å². The largest absolute Gasteiger partial charge is 0.397 e. The molecule has 1 fully saturated rings. The average molecular weight is 310 g/mol. The molecule has 4 nitrogen and oxygen atoms in total. The quantitative estimate of drug-likeness (QED) is 0.838. The van der Waals surface area contributed by atoms with Crippen molar-refractivity contribution in [3.8, 4) is 0 Å². The molecule has 0 aliphatic carbocycles. The third-order valence-corrected chi connectivity index (χ3v) is 4.49. The summed E-state index contributed by atoms with van der Waals surface area (Å²) in [5.74, 6) is 0.0153. The molecule has 1 aliphatic heterocycles. The van der Waals surface area contributed by atoms with Crippen LogP contribution in [-0.4, -0.2) is 30.4 Å². The van der Waals surface area contributed by atoms with Crippen LogP contribution in [0.1, 0.15) is 33.1 Å². The third-order valence-electron chi connectivity index (χ3n) is 4.14. The number of carbonyl (C=O) groups is 1. The second kappa shape index (κ2) is 6.67. The molecule has 0 radical (unpaired) electrons. The first-order valence-electron chi connectivity index (χ1n) is 7.43. The van der Waals surface area contributed by atoms with Gasteiger partial charge in [0.15, 0.2) is 0 Å². The predicted octanol–water partition coefficient (Wildman–Crippen LogP) is 3.37. The minimum atomic E-state index is 0.0153.